The lowest BCUT2D eigenvalue weighted by Gasteiger charge is -2.20. The highest BCUT2D eigenvalue weighted by Gasteiger charge is 2.53. The number of aromatic nitrogens is 1. The summed E-state index contributed by atoms with van der Waals surface area (Å²) in [6.45, 7) is 2.13. The molecule has 2 atom stereocenters. The van der Waals surface area contributed by atoms with Crippen LogP contribution < -0.4 is 0 Å². The van der Waals surface area contributed by atoms with Gasteiger partial charge in [-0.1, -0.05) is 0 Å². The second-order valence-corrected chi connectivity index (χ2v) is 5.22. The Hall–Kier alpha value is -1.03. The predicted octanol–water partition coefficient (Wildman–Crippen LogP) is 2.56. The Morgan fingerprint density at radius 3 is 2.76 bits per heavy atom. The number of nitrogens with zero attached hydrogens (tertiary/aromatic N) is 2. The molecule has 1 saturated carbocycles. The number of alkyl halides is 2. The first-order valence-electron chi connectivity index (χ1n) is 6.14. The number of hydrogen-bond acceptors (Lipinski definition) is 2. The van der Waals surface area contributed by atoms with Crippen molar-refractivity contribution >= 4 is 0 Å². The molecule has 1 aromatic heterocycles. The van der Waals surface area contributed by atoms with Gasteiger partial charge in [0.1, 0.15) is 0 Å². The second-order valence-electron chi connectivity index (χ2n) is 5.22. The van der Waals surface area contributed by atoms with Crippen molar-refractivity contribution in [2.24, 2.45) is 11.8 Å². The zero-order chi connectivity index (χ0) is 11.9. The summed E-state index contributed by atoms with van der Waals surface area (Å²) >= 11 is 0. The lowest BCUT2D eigenvalue weighted by Crippen LogP contribution is -2.28. The standard InChI is InChI=1S/C13H16F2N2/c14-13(15)4-1-11-8-17(9-12(11)13)7-10-2-5-16-6-3-10/h2-3,5-6,11-12H,1,4,7-9H2/t11-,12+/m1/s1. The van der Waals surface area contributed by atoms with E-state index in [1.54, 1.807) is 12.4 Å². The lowest BCUT2D eigenvalue weighted by atomic mass is 9.99. The maximum atomic E-state index is 13.6. The summed E-state index contributed by atoms with van der Waals surface area (Å²) in [5, 5.41) is 0. The minimum atomic E-state index is -2.43. The molecule has 17 heavy (non-hydrogen) atoms. The molecule has 0 bridgehead atoms. The van der Waals surface area contributed by atoms with Gasteiger partial charge in [0, 0.05) is 44.4 Å². The summed E-state index contributed by atoms with van der Waals surface area (Å²) in [6, 6.07) is 3.90. The number of likely N-dealkylation sites (tertiary alicyclic amines) is 1. The van der Waals surface area contributed by atoms with E-state index in [9.17, 15) is 8.78 Å². The number of fused-ring (bicyclic) bond motifs is 1. The van der Waals surface area contributed by atoms with E-state index in [4.69, 9.17) is 0 Å². The molecule has 0 spiro atoms. The third kappa shape index (κ3) is 2.06. The van der Waals surface area contributed by atoms with Crippen LogP contribution >= 0.6 is 0 Å². The summed E-state index contributed by atoms with van der Waals surface area (Å²) in [7, 11) is 0. The first kappa shape index (κ1) is 11.1. The zero-order valence-corrected chi connectivity index (χ0v) is 9.65. The van der Waals surface area contributed by atoms with Crippen LogP contribution in [0.5, 0.6) is 0 Å². The molecule has 0 aromatic carbocycles. The maximum Gasteiger partial charge on any atom is 0.252 e. The van der Waals surface area contributed by atoms with Crippen molar-refractivity contribution in [3.05, 3.63) is 30.1 Å². The van der Waals surface area contributed by atoms with Gasteiger partial charge in [-0.2, -0.15) is 0 Å². The average Bonchev–Trinajstić information content (AvgIpc) is 2.82. The van der Waals surface area contributed by atoms with Gasteiger partial charge in [-0.05, 0) is 30.0 Å². The third-order valence-electron chi connectivity index (χ3n) is 4.06. The van der Waals surface area contributed by atoms with Crippen LogP contribution in [0, 0.1) is 11.8 Å². The van der Waals surface area contributed by atoms with Gasteiger partial charge in [0.05, 0.1) is 0 Å². The van der Waals surface area contributed by atoms with E-state index in [1.807, 2.05) is 12.1 Å². The van der Waals surface area contributed by atoms with Crippen LogP contribution in [0.4, 0.5) is 8.78 Å². The van der Waals surface area contributed by atoms with Gasteiger partial charge in [-0.3, -0.25) is 9.88 Å². The molecule has 1 saturated heterocycles. The molecule has 1 aliphatic heterocycles. The highest BCUT2D eigenvalue weighted by Crippen LogP contribution is 2.48. The van der Waals surface area contributed by atoms with E-state index in [-0.39, 0.29) is 12.3 Å². The second kappa shape index (κ2) is 4.02. The minimum absolute atomic E-state index is 0.0887. The van der Waals surface area contributed by atoms with Crippen molar-refractivity contribution in [1.82, 2.24) is 9.88 Å². The van der Waals surface area contributed by atoms with Crippen molar-refractivity contribution in [3.63, 3.8) is 0 Å². The zero-order valence-electron chi connectivity index (χ0n) is 9.65. The molecule has 2 fully saturated rings. The fourth-order valence-corrected chi connectivity index (χ4v) is 3.17. The summed E-state index contributed by atoms with van der Waals surface area (Å²) in [6.07, 6.45) is 4.28. The highest BCUT2D eigenvalue weighted by molar-refractivity contribution is 5.10. The molecule has 2 heterocycles. The van der Waals surface area contributed by atoms with Crippen LogP contribution in [-0.4, -0.2) is 28.9 Å². The van der Waals surface area contributed by atoms with E-state index < -0.39 is 11.8 Å². The van der Waals surface area contributed by atoms with Crippen molar-refractivity contribution in [2.75, 3.05) is 13.1 Å². The van der Waals surface area contributed by atoms with Crippen LogP contribution in [0.15, 0.2) is 24.5 Å². The number of hydrogen-bond donors (Lipinski definition) is 0. The molecule has 4 heteroatoms. The summed E-state index contributed by atoms with van der Waals surface area (Å²) in [5.74, 6) is -2.64. The fraction of sp³-hybridized carbons (Fsp3) is 0.615. The molecule has 0 amide bonds. The predicted molar refractivity (Wildman–Crippen MR) is 60.7 cm³/mol. The lowest BCUT2D eigenvalue weighted by molar-refractivity contribution is -0.0400. The van der Waals surface area contributed by atoms with E-state index in [2.05, 4.69) is 9.88 Å². The van der Waals surface area contributed by atoms with Gasteiger partial charge in [-0.25, -0.2) is 8.78 Å². The van der Waals surface area contributed by atoms with Gasteiger partial charge < -0.3 is 0 Å². The van der Waals surface area contributed by atoms with Gasteiger partial charge in [0.2, 0.25) is 0 Å². The smallest absolute Gasteiger partial charge is 0.252 e. The van der Waals surface area contributed by atoms with Crippen molar-refractivity contribution in [2.45, 2.75) is 25.3 Å². The topological polar surface area (TPSA) is 16.1 Å². The number of rotatable bonds is 2. The van der Waals surface area contributed by atoms with E-state index in [0.717, 1.165) is 18.7 Å². The first-order chi connectivity index (χ1) is 8.15. The fourth-order valence-electron chi connectivity index (χ4n) is 3.17. The van der Waals surface area contributed by atoms with Crippen molar-refractivity contribution in [1.29, 1.82) is 0 Å². The van der Waals surface area contributed by atoms with E-state index >= 15 is 0 Å². The third-order valence-corrected chi connectivity index (χ3v) is 4.06. The Kier molecular flexibility index (Phi) is 2.62. The Bertz CT molecular complexity index is 394. The SMILES string of the molecule is FC1(F)CC[C@@H]2CN(Cc3ccncc3)C[C@@H]21. The molecule has 2 aliphatic rings. The summed E-state index contributed by atoms with van der Waals surface area (Å²) in [4.78, 5) is 6.11. The van der Waals surface area contributed by atoms with Crippen molar-refractivity contribution < 1.29 is 8.78 Å². The van der Waals surface area contributed by atoms with Gasteiger partial charge >= 0.3 is 0 Å². The summed E-state index contributed by atoms with van der Waals surface area (Å²) < 4.78 is 27.2. The molecule has 0 unspecified atom stereocenters. The molecular formula is C13H16F2N2. The molecule has 0 radical (unpaired) electrons. The number of pyridine rings is 1. The first-order valence-corrected chi connectivity index (χ1v) is 6.14. The monoisotopic (exact) mass is 238 g/mol. The average molecular weight is 238 g/mol. The normalized spacial score (nSPS) is 31.6. The summed E-state index contributed by atoms with van der Waals surface area (Å²) in [5.41, 5.74) is 1.16. The molecular weight excluding hydrogens is 222 g/mol. The minimum Gasteiger partial charge on any atom is -0.298 e. The Morgan fingerprint density at radius 2 is 2.06 bits per heavy atom. The molecule has 1 aromatic rings. The molecule has 1 aliphatic carbocycles. The van der Waals surface area contributed by atoms with Gasteiger partial charge in [0.25, 0.3) is 5.92 Å². The van der Waals surface area contributed by atoms with Crippen molar-refractivity contribution in [3.8, 4) is 0 Å². The van der Waals surface area contributed by atoms with Gasteiger partial charge in [0.15, 0.2) is 0 Å². The van der Waals surface area contributed by atoms with Crippen LogP contribution in [0.3, 0.4) is 0 Å². The van der Waals surface area contributed by atoms with E-state index in [0.29, 0.717) is 13.0 Å². The van der Waals surface area contributed by atoms with Crippen LogP contribution in [-0.2, 0) is 6.54 Å². The van der Waals surface area contributed by atoms with Gasteiger partial charge in [-0.15, -0.1) is 0 Å². The Labute approximate surface area is 99.6 Å². The van der Waals surface area contributed by atoms with Crippen LogP contribution in [0.2, 0.25) is 0 Å². The number of halogens is 2. The Morgan fingerprint density at radius 1 is 1.29 bits per heavy atom. The van der Waals surface area contributed by atoms with Crippen LogP contribution in [0.1, 0.15) is 18.4 Å². The highest BCUT2D eigenvalue weighted by atomic mass is 19.3. The maximum absolute atomic E-state index is 13.6. The van der Waals surface area contributed by atoms with E-state index in [1.165, 1.54) is 0 Å². The van der Waals surface area contributed by atoms with Crippen LogP contribution in [0.25, 0.3) is 0 Å². The molecule has 92 valence electrons. The molecule has 0 N–H and O–H groups in total. The largest absolute Gasteiger partial charge is 0.298 e. The quantitative estimate of drug-likeness (QED) is 0.787. The Balaban J connectivity index is 1.66. The molecule has 2 nitrogen and oxygen atoms in total. The molecule has 3 rings (SSSR count).